The van der Waals surface area contributed by atoms with E-state index in [1.54, 1.807) is 35.2 Å². The highest BCUT2D eigenvalue weighted by Gasteiger charge is 2.32. The number of ether oxygens (including phenoxy) is 2. The number of rotatable bonds is 7. The van der Waals surface area contributed by atoms with Crippen LogP contribution < -0.4 is 15.0 Å². The molecule has 1 N–H and O–H groups in total. The molecule has 2 amide bonds. The fraction of sp³-hybridized carbons (Fsp3) is 0.379. The van der Waals surface area contributed by atoms with Gasteiger partial charge in [-0.15, -0.1) is 0 Å². The third kappa shape index (κ3) is 7.64. The maximum absolute atomic E-state index is 13.8. The smallest absolute Gasteiger partial charge is 0.410 e. The number of amides is 2. The second-order valence-electron chi connectivity index (χ2n) is 10.5. The first-order chi connectivity index (χ1) is 19.0. The highest BCUT2D eigenvalue weighted by Crippen LogP contribution is 2.27. The number of nitrogens with one attached hydrogen (secondary N) is 1. The number of piperazine rings is 1. The summed E-state index contributed by atoms with van der Waals surface area (Å²) in [5.41, 5.74) is 0.0500. The van der Waals surface area contributed by atoms with Gasteiger partial charge in [0.25, 0.3) is 0 Å². The summed E-state index contributed by atoms with van der Waals surface area (Å²) in [5.74, 6) is -0.362. The summed E-state index contributed by atoms with van der Waals surface area (Å²) in [4.78, 5) is 37.4. The Morgan fingerprint density at radius 2 is 1.80 bits per heavy atom. The minimum absolute atomic E-state index is 0.0512. The molecule has 212 valence electrons. The SMILES string of the molecule is CC[C@H]1CN(C(=O)OC(C)(C)C)CCN1c1cc(Oc2ccc(NC(=O)Cc3ccc(F)cc3F)cc2)ncn1. The van der Waals surface area contributed by atoms with E-state index in [1.807, 2.05) is 20.8 Å². The van der Waals surface area contributed by atoms with Gasteiger partial charge in [-0.2, -0.15) is 0 Å². The monoisotopic (exact) mass is 553 g/mol. The molecule has 4 rings (SSSR count). The Kier molecular flexibility index (Phi) is 8.81. The lowest BCUT2D eigenvalue weighted by molar-refractivity contribution is -0.115. The van der Waals surface area contributed by atoms with E-state index in [0.717, 1.165) is 18.6 Å². The maximum Gasteiger partial charge on any atom is 0.410 e. The van der Waals surface area contributed by atoms with Crippen LogP contribution in [0.3, 0.4) is 0 Å². The zero-order valence-corrected chi connectivity index (χ0v) is 23.0. The molecule has 1 aliphatic heterocycles. The van der Waals surface area contributed by atoms with E-state index >= 15 is 0 Å². The summed E-state index contributed by atoms with van der Waals surface area (Å²) >= 11 is 0. The van der Waals surface area contributed by atoms with Crippen molar-refractivity contribution in [1.82, 2.24) is 14.9 Å². The second kappa shape index (κ2) is 12.3. The lowest BCUT2D eigenvalue weighted by atomic mass is 10.1. The van der Waals surface area contributed by atoms with E-state index in [2.05, 4.69) is 27.1 Å². The van der Waals surface area contributed by atoms with Crippen LogP contribution in [0.25, 0.3) is 0 Å². The van der Waals surface area contributed by atoms with Gasteiger partial charge in [0.15, 0.2) is 0 Å². The van der Waals surface area contributed by atoms with Crippen molar-refractivity contribution in [3.8, 4) is 11.6 Å². The Bertz CT molecular complexity index is 1350. The van der Waals surface area contributed by atoms with Gasteiger partial charge in [0, 0.05) is 43.5 Å². The lowest BCUT2D eigenvalue weighted by Gasteiger charge is -2.42. The van der Waals surface area contributed by atoms with E-state index < -0.39 is 23.1 Å². The number of anilines is 2. The molecule has 9 nitrogen and oxygen atoms in total. The Morgan fingerprint density at radius 1 is 1.05 bits per heavy atom. The Morgan fingerprint density at radius 3 is 2.48 bits per heavy atom. The number of benzene rings is 2. The van der Waals surface area contributed by atoms with Crippen molar-refractivity contribution in [2.75, 3.05) is 29.9 Å². The summed E-state index contributed by atoms with van der Waals surface area (Å²) in [6.45, 7) is 9.23. The van der Waals surface area contributed by atoms with Crippen LogP contribution in [0.1, 0.15) is 39.7 Å². The number of hydrogen-bond donors (Lipinski definition) is 1. The molecule has 0 spiro atoms. The van der Waals surface area contributed by atoms with Gasteiger partial charge >= 0.3 is 6.09 Å². The lowest BCUT2D eigenvalue weighted by Crippen LogP contribution is -2.55. The zero-order chi connectivity index (χ0) is 28.9. The number of carbonyl (C=O) groups excluding carboxylic acids is 2. The molecule has 0 aliphatic carbocycles. The molecular formula is C29H33F2N5O4. The molecule has 3 aromatic rings. The van der Waals surface area contributed by atoms with Crippen molar-refractivity contribution in [1.29, 1.82) is 0 Å². The molecular weight excluding hydrogens is 520 g/mol. The minimum atomic E-state index is -0.765. The van der Waals surface area contributed by atoms with Crippen LogP contribution >= 0.6 is 0 Å². The molecule has 1 fully saturated rings. The van der Waals surface area contributed by atoms with Gasteiger partial charge in [-0.05, 0) is 63.1 Å². The molecule has 1 atom stereocenters. The van der Waals surface area contributed by atoms with Crippen LogP contribution in [0.15, 0.2) is 54.9 Å². The summed E-state index contributed by atoms with van der Waals surface area (Å²) in [5, 5.41) is 2.69. The molecule has 1 aromatic heterocycles. The number of aromatic nitrogens is 2. The first-order valence-electron chi connectivity index (χ1n) is 13.1. The Balaban J connectivity index is 1.35. The molecule has 0 unspecified atom stereocenters. The van der Waals surface area contributed by atoms with Crippen LogP contribution in [0.2, 0.25) is 0 Å². The van der Waals surface area contributed by atoms with Crippen molar-refractivity contribution in [2.45, 2.75) is 52.2 Å². The third-order valence-electron chi connectivity index (χ3n) is 6.25. The number of hydrogen-bond acceptors (Lipinski definition) is 7. The quantitative estimate of drug-likeness (QED) is 0.409. The van der Waals surface area contributed by atoms with Gasteiger partial charge in [0.1, 0.15) is 35.1 Å². The number of carbonyl (C=O) groups is 2. The molecule has 2 aromatic carbocycles. The van der Waals surface area contributed by atoms with Gasteiger partial charge in [-0.3, -0.25) is 4.79 Å². The van der Waals surface area contributed by atoms with E-state index in [-0.39, 0.29) is 24.1 Å². The first kappa shape index (κ1) is 28.7. The fourth-order valence-corrected chi connectivity index (χ4v) is 4.31. The van der Waals surface area contributed by atoms with Gasteiger partial charge in [-0.1, -0.05) is 13.0 Å². The Labute approximate surface area is 232 Å². The Hall–Kier alpha value is -4.28. The van der Waals surface area contributed by atoms with Gasteiger partial charge in [0.05, 0.1) is 6.42 Å². The van der Waals surface area contributed by atoms with Crippen molar-refractivity contribution >= 4 is 23.5 Å². The predicted octanol–water partition coefficient (Wildman–Crippen LogP) is 5.56. The maximum atomic E-state index is 13.8. The van der Waals surface area contributed by atoms with E-state index in [0.29, 0.717) is 42.8 Å². The standard InChI is InChI=1S/C29H33F2N5O4/c1-5-22-17-35(28(38)40-29(2,3)4)12-13-36(22)25-16-27(33-18-32-25)39-23-10-8-21(9-11-23)34-26(37)14-19-6-7-20(30)15-24(19)31/h6-11,15-16,18,22H,5,12-14,17H2,1-4H3,(H,34,37)/t22-/m0/s1. The largest absolute Gasteiger partial charge is 0.444 e. The third-order valence-corrected chi connectivity index (χ3v) is 6.25. The average molecular weight is 554 g/mol. The van der Waals surface area contributed by atoms with Crippen molar-refractivity contribution in [2.24, 2.45) is 0 Å². The minimum Gasteiger partial charge on any atom is -0.444 e. The second-order valence-corrected chi connectivity index (χ2v) is 10.5. The van der Waals surface area contributed by atoms with Crippen molar-refractivity contribution < 1.29 is 27.8 Å². The van der Waals surface area contributed by atoms with Gasteiger partial charge < -0.3 is 24.6 Å². The average Bonchev–Trinajstić information content (AvgIpc) is 2.90. The van der Waals surface area contributed by atoms with Gasteiger partial charge in [-0.25, -0.2) is 23.5 Å². The van der Waals surface area contributed by atoms with Crippen LogP contribution in [-0.2, 0) is 16.0 Å². The fourth-order valence-electron chi connectivity index (χ4n) is 4.31. The molecule has 1 saturated heterocycles. The summed E-state index contributed by atoms with van der Waals surface area (Å²) < 4.78 is 38.4. The van der Waals surface area contributed by atoms with E-state index in [9.17, 15) is 18.4 Å². The highest BCUT2D eigenvalue weighted by atomic mass is 19.1. The first-order valence-corrected chi connectivity index (χ1v) is 13.1. The normalized spacial score (nSPS) is 15.5. The topological polar surface area (TPSA) is 96.9 Å². The highest BCUT2D eigenvalue weighted by molar-refractivity contribution is 5.92. The molecule has 40 heavy (non-hydrogen) atoms. The van der Waals surface area contributed by atoms with Crippen LogP contribution in [0, 0.1) is 11.6 Å². The van der Waals surface area contributed by atoms with Gasteiger partial charge in [0.2, 0.25) is 11.8 Å². The molecule has 0 radical (unpaired) electrons. The molecule has 0 bridgehead atoms. The van der Waals surface area contributed by atoms with Crippen LogP contribution in [0.5, 0.6) is 11.6 Å². The summed E-state index contributed by atoms with van der Waals surface area (Å²) in [6.07, 6.45) is 1.69. The van der Waals surface area contributed by atoms with Crippen LogP contribution in [-0.4, -0.2) is 58.1 Å². The summed E-state index contributed by atoms with van der Waals surface area (Å²) in [6, 6.07) is 11.6. The van der Waals surface area contributed by atoms with Crippen molar-refractivity contribution in [3.63, 3.8) is 0 Å². The molecule has 1 aliphatic rings. The summed E-state index contributed by atoms with van der Waals surface area (Å²) in [7, 11) is 0. The van der Waals surface area contributed by atoms with E-state index in [1.165, 1.54) is 12.4 Å². The molecule has 0 saturated carbocycles. The molecule has 11 heteroatoms. The predicted molar refractivity (Wildman–Crippen MR) is 146 cm³/mol. The number of halogens is 2. The van der Waals surface area contributed by atoms with Crippen LogP contribution in [0.4, 0.5) is 25.1 Å². The zero-order valence-electron chi connectivity index (χ0n) is 23.0. The number of nitrogens with zero attached hydrogens (tertiary/aromatic N) is 4. The molecule has 2 heterocycles. The van der Waals surface area contributed by atoms with Crippen molar-refractivity contribution in [3.05, 3.63) is 72.1 Å². The van der Waals surface area contributed by atoms with E-state index in [4.69, 9.17) is 9.47 Å².